The Morgan fingerprint density at radius 1 is 1.18 bits per heavy atom. The highest BCUT2D eigenvalue weighted by atomic mass is 16.4. The molecule has 0 saturated carbocycles. The first-order valence-electron chi connectivity index (χ1n) is 5.65. The Bertz CT molecular complexity index is 626. The van der Waals surface area contributed by atoms with E-state index in [1.807, 2.05) is 30.3 Å². The van der Waals surface area contributed by atoms with Gasteiger partial charge in [0.2, 0.25) is 0 Å². The zero-order valence-corrected chi connectivity index (χ0v) is 9.22. The van der Waals surface area contributed by atoms with Gasteiger partial charge in [-0.1, -0.05) is 48.6 Å². The maximum atomic E-state index is 10.9. The van der Waals surface area contributed by atoms with E-state index in [9.17, 15) is 9.90 Å². The molecular weight excluding hydrogens is 212 g/mol. The summed E-state index contributed by atoms with van der Waals surface area (Å²) in [6.07, 6.45) is 4.16. The van der Waals surface area contributed by atoms with E-state index in [1.54, 1.807) is 6.08 Å². The Labute approximate surface area is 99.2 Å². The molecule has 2 nitrogen and oxygen atoms in total. The van der Waals surface area contributed by atoms with Crippen molar-refractivity contribution in [1.29, 1.82) is 0 Å². The van der Waals surface area contributed by atoms with E-state index in [0.717, 1.165) is 11.1 Å². The van der Waals surface area contributed by atoms with Crippen molar-refractivity contribution >= 4 is 22.8 Å². The van der Waals surface area contributed by atoms with Crippen molar-refractivity contribution in [3.8, 4) is 0 Å². The van der Waals surface area contributed by atoms with Crippen LogP contribution in [0.25, 0.3) is 16.8 Å². The Morgan fingerprint density at radius 2 is 2.00 bits per heavy atom. The standard InChI is InChI=1S/C15H12O2/c16-15(17)12-7-8-14-11(9-12)6-5-10-3-1-2-4-13(10)14/h1-8,12H,9H2,(H,16,17)/p-1. The normalized spacial score (nSPS) is 18.0. The minimum absolute atomic E-state index is 0.497. The molecule has 0 bridgehead atoms. The maximum Gasteiger partial charge on any atom is 0.0486 e. The average Bonchev–Trinajstić information content (AvgIpc) is 2.38. The van der Waals surface area contributed by atoms with Crippen molar-refractivity contribution in [1.82, 2.24) is 0 Å². The van der Waals surface area contributed by atoms with E-state index in [4.69, 9.17) is 0 Å². The van der Waals surface area contributed by atoms with Crippen LogP contribution in [0.3, 0.4) is 0 Å². The third kappa shape index (κ3) is 1.62. The third-order valence-corrected chi connectivity index (χ3v) is 3.30. The van der Waals surface area contributed by atoms with Crippen LogP contribution in [0.1, 0.15) is 11.1 Å². The van der Waals surface area contributed by atoms with Crippen LogP contribution < -0.4 is 5.11 Å². The molecule has 1 aliphatic carbocycles. The fourth-order valence-corrected chi connectivity index (χ4v) is 2.39. The molecule has 0 aliphatic heterocycles. The Balaban J connectivity index is 2.18. The van der Waals surface area contributed by atoms with Gasteiger partial charge in [-0.3, -0.25) is 0 Å². The molecule has 0 radical (unpaired) electrons. The van der Waals surface area contributed by atoms with Gasteiger partial charge < -0.3 is 9.90 Å². The van der Waals surface area contributed by atoms with Crippen LogP contribution >= 0.6 is 0 Å². The molecule has 0 amide bonds. The van der Waals surface area contributed by atoms with Gasteiger partial charge >= 0.3 is 0 Å². The number of carbonyl (C=O) groups is 1. The molecule has 2 heteroatoms. The van der Waals surface area contributed by atoms with Gasteiger partial charge in [-0.25, -0.2) is 0 Å². The number of carboxylic acid groups (broad SMARTS) is 1. The zero-order chi connectivity index (χ0) is 11.8. The molecule has 0 fully saturated rings. The van der Waals surface area contributed by atoms with Gasteiger partial charge in [0.15, 0.2) is 0 Å². The fourth-order valence-electron chi connectivity index (χ4n) is 2.39. The molecule has 2 aromatic rings. The minimum Gasteiger partial charge on any atom is -0.550 e. The molecule has 17 heavy (non-hydrogen) atoms. The SMILES string of the molecule is O=C([O-])C1C=Cc2c(ccc3ccccc23)C1. The highest BCUT2D eigenvalue weighted by molar-refractivity contribution is 5.93. The average molecular weight is 223 g/mol. The first kappa shape index (κ1) is 10.1. The molecule has 0 heterocycles. The summed E-state index contributed by atoms with van der Waals surface area (Å²) in [5, 5.41) is 13.2. The van der Waals surface area contributed by atoms with Gasteiger partial charge in [0.05, 0.1) is 0 Å². The second-order valence-corrected chi connectivity index (χ2v) is 4.35. The van der Waals surface area contributed by atoms with Crippen molar-refractivity contribution in [2.24, 2.45) is 5.92 Å². The molecule has 2 aromatic carbocycles. The van der Waals surface area contributed by atoms with Crippen molar-refractivity contribution < 1.29 is 9.90 Å². The van der Waals surface area contributed by atoms with Crippen LogP contribution in [-0.4, -0.2) is 5.97 Å². The number of rotatable bonds is 1. The fraction of sp³-hybridized carbons (Fsp3) is 0.133. The topological polar surface area (TPSA) is 40.1 Å². The summed E-state index contributed by atoms with van der Waals surface area (Å²) in [4.78, 5) is 10.9. The second-order valence-electron chi connectivity index (χ2n) is 4.35. The maximum absolute atomic E-state index is 10.9. The molecule has 0 spiro atoms. The lowest BCUT2D eigenvalue weighted by Crippen LogP contribution is -2.32. The van der Waals surface area contributed by atoms with Gasteiger partial charge in [0, 0.05) is 11.9 Å². The quantitative estimate of drug-likeness (QED) is 0.739. The molecule has 0 N–H and O–H groups in total. The molecule has 1 unspecified atom stereocenters. The molecule has 84 valence electrons. The van der Waals surface area contributed by atoms with E-state index in [2.05, 4.69) is 12.1 Å². The summed E-state index contributed by atoms with van der Waals surface area (Å²) in [5.41, 5.74) is 2.22. The summed E-state index contributed by atoms with van der Waals surface area (Å²) in [6, 6.07) is 12.2. The van der Waals surface area contributed by atoms with E-state index >= 15 is 0 Å². The molecule has 0 aromatic heterocycles. The lowest BCUT2D eigenvalue weighted by atomic mass is 9.87. The van der Waals surface area contributed by atoms with Crippen molar-refractivity contribution in [2.75, 3.05) is 0 Å². The molecular formula is C15H11O2-. The zero-order valence-electron chi connectivity index (χ0n) is 9.22. The minimum atomic E-state index is -1.000. The van der Waals surface area contributed by atoms with Crippen LogP contribution in [0, 0.1) is 5.92 Å². The van der Waals surface area contributed by atoms with Gasteiger partial charge in [0.25, 0.3) is 0 Å². The van der Waals surface area contributed by atoms with Crippen LogP contribution in [0.2, 0.25) is 0 Å². The van der Waals surface area contributed by atoms with Gasteiger partial charge in [-0.2, -0.15) is 0 Å². The summed E-state index contributed by atoms with van der Waals surface area (Å²) in [5.74, 6) is -1.50. The van der Waals surface area contributed by atoms with Crippen LogP contribution in [0.15, 0.2) is 42.5 Å². The first-order chi connectivity index (χ1) is 8.25. The molecule has 1 atom stereocenters. The molecule has 0 saturated heterocycles. The van der Waals surface area contributed by atoms with Gasteiger partial charge in [0.1, 0.15) is 0 Å². The number of carboxylic acids is 1. The Morgan fingerprint density at radius 3 is 2.82 bits per heavy atom. The van der Waals surface area contributed by atoms with E-state index in [-0.39, 0.29) is 0 Å². The lowest BCUT2D eigenvalue weighted by Gasteiger charge is -2.21. The van der Waals surface area contributed by atoms with Crippen LogP contribution in [0.4, 0.5) is 0 Å². The predicted octanol–water partition coefficient (Wildman–Crippen LogP) is 1.78. The number of hydrogen-bond acceptors (Lipinski definition) is 2. The number of aliphatic carboxylic acids is 1. The second kappa shape index (κ2) is 3.74. The summed E-state index contributed by atoms with van der Waals surface area (Å²) < 4.78 is 0. The largest absolute Gasteiger partial charge is 0.550 e. The van der Waals surface area contributed by atoms with Gasteiger partial charge in [-0.15, -0.1) is 0 Å². The summed E-state index contributed by atoms with van der Waals surface area (Å²) >= 11 is 0. The third-order valence-electron chi connectivity index (χ3n) is 3.30. The number of carbonyl (C=O) groups excluding carboxylic acids is 1. The highest BCUT2D eigenvalue weighted by Crippen LogP contribution is 2.29. The first-order valence-corrected chi connectivity index (χ1v) is 5.65. The van der Waals surface area contributed by atoms with E-state index < -0.39 is 11.9 Å². The van der Waals surface area contributed by atoms with Crippen molar-refractivity contribution in [3.63, 3.8) is 0 Å². The number of fused-ring (bicyclic) bond motifs is 3. The van der Waals surface area contributed by atoms with E-state index in [0.29, 0.717) is 6.42 Å². The van der Waals surface area contributed by atoms with E-state index in [1.165, 1.54) is 10.8 Å². The van der Waals surface area contributed by atoms with Gasteiger partial charge in [-0.05, 0) is 28.3 Å². The summed E-state index contributed by atoms with van der Waals surface area (Å²) in [7, 11) is 0. The monoisotopic (exact) mass is 223 g/mol. The van der Waals surface area contributed by atoms with Crippen LogP contribution in [-0.2, 0) is 11.2 Å². The lowest BCUT2D eigenvalue weighted by molar-refractivity contribution is -0.309. The Hall–Kier alpha value is -2.09. The van der Waals surface area contributed by atoms with Crippen molar-refractivity contribution in [2.45, 2.75) is 6.42 Å². The molecule has 1 aliphatic rings. The molecule has 3 rings (SSSR count). The predicted molar refractivity (Wildman–Crippen MR) is 65.2 cm³/mol. The van der Waals surface area contributed by atoms with Crippen LogP contribution in [0.5, 0.6) is 0 Å². The smallest absolute Gasteiger partial charge is 0.0486 e. The highest BCUT2D eigenvalue weighted by Gasteiger charge is 2.15. The summed E-state index contributed by atoms with van der Waals surface area (Å²) in [6.45, 7) is 0. The van der Waals surface area contributed by atoms with Crippen molar-refractivity contribution in [3.05, 3.63) is 53.6 Å². The number of benzene rings is 2. The Kier molecular flexibility index (Phi) is 2.22. The number of hydrogen-bond donors (Lipinski definition) is 0.